The number of hydrogen-bond donors (Lipinski definition) is 1. The lowest BCUT2D eigenvalue weighted by molar-refractivity contribution is -0.136. The second-order valence-corrected chi connectivity index (χ2v) is 5.62. The van der Waals surface area contributed by atoms with E-state index < -0.39 is 17.7 Å². The molecule has 0 aromatic carbocycles. The smallest absolute Gasteiger partial charge is 0.417 e. The minimum absolute atomic E-state index is 0.00812. The maximum atomic E-state index is 13.1. The van der Waals surface area contributed by atoms with Crippen molar-refractivity contribution in [3.05, 3.63) is 17.8 Å². The van der Waals surface area contributed by atoms with Crippen molar-refractivity contribution in [1.82, 2.24) is 14.8 Å². The summed E-state index contributed by atoms with van der Waals surface area (Å²) in [6.45, 7) is 3.58. The molecule has 0 aliphatic carbocycles. The monoisotopic (exact) mass is 319 g/mol. The first-order valence-corrected chi connectivity index (χ1v) is 6.98. The standard InChI is InChI=1S/C12H12F3N3O2S/c1-6(2)18-4-7-8(12(13,14)15)3-9(16-11(7)17-18)21-5-10(19)20/h3-4,6H,5H2,1-2H3,(H,19,20). The maximum Gasteiger partial charge on any atom is 0.417 e. The maximum absolute atomic E-state index is 13.1. The molecule has 114 valence electrons. The number of aliphatic carboxylic acids is 1. The van der Waals surface area contributed by atoms with E-state index in [1.165, 1.54) is 10.9 Å². The van der Waals surface area contributed by atoms with Crippen molar-refractivity contribution >= 4 is 28.8 Å². The molecule has 21 heavy (non-hydrogen) atoms. The third-order valence-electron chi connectivity index (χ3n) is 2.66. The Morgan fingerprint density at radius 1 is 1.48 bits per heavy atom. The van der Waals surface area contributed by atoms with Gasteiger partial charge in [0.25, 0.3) is 0 Å². The number of carbonyl (C=O) groups is 1. The molecule has 1 N–H and O–H groups in total. The Hall–Kier alpha value is -1.77. The average Bonchev–Trinajstić information content (AvgIpc) is 2.77. The summed E-state index contributed by atoms with van der Waals surface area (Å²) in [6, 6.07) is 0.762. The molecule has 2 aromatic heterocycles. The molecule has 0 saturated heterocycles. The topological polar surface area (TPSA) is 68.0 Å². The Bertz CT molecular complexity index is 682. The van der Waals surface area contributed by atoms with E-state index in [-0.39, 0.29) is 27.9 Å². The molecule has 0 radical (unpaired) electrons. The van der Waals surface area contributed by atoms with Crippen LogP contribution in [0.15, 0.2) is 17.3 Å². The van der Waals surface area contributed by atoms with E-state index in [2.05, 4.69) is 10.1 Å². The molecule has 2 heterocycles. The highest BCUT2D eigenvalue weighted by Crippen LogP contribution is 2.36. The molecule has 2 rings (SSSR count). The molecule has 0 fully saturated rings. The van der Waals surface area contributed by atoms with Crippen molar-refractivity contribution in [3.8, 4) is 0 Å². The van der Waals surface area contributed by atoms with Crippen LogP contribution in [0.1, 0.15) is 25.5 Å². The average molecular weight is 319 g/mol. The predicted octanol–water partition coefficient (Wildman–Crippen LogP) is 3.21. The number of nitrogens with zero attached hydrogens (tertiary/aromatic N) is 3. The van der Waals surface area contributed by atoms with Gasteiger partial charge in [-0.15, -0.1) is 0 Å². The van der Waals surface area contributed by atoms with Crippen molar-refractivity contribution in [1.29, 1.82) is 0 Å². The van der Waals surface area contributed by atoms with E-state index in [4.69, 9.17) is 5.11 Å². The Kier molecular flexibility index (Phi) is 4.13. The van der Waals surface area contributed by atoms with Crippen molar-refractivity contribution in [2.24, 2.45) is 0 Å². The van der Waals surface area contributed by atoms with Gasteiger partial charge in [-0.25, -0.2) is 4.98 Å². The van der Waals surface area contributed by atoms with Crippen molar-refractivity contribution < 1.29 is 23.1 Å². The number of thioether (sulfide) groups is 1. The number of carboxylic acid groups (broad SMARTS) is 1. The number of alkyl halides is 3. The molecule has 2 aromatic rings. The minimum Gasteiger partial charge on any atom is -0.481 e. The fraction of sp³-hybridized carbons (Fsp3) is 0.417. The zero-order valence-electron chi connectivity index (χ0n) is 11.2. The van der Waals surface area contributed by atoms with E-state index in [1.807, 2.05) is 0 Å². The summed E-state index contributed by atoms with van der Waals surface area (Å²) >= 11 is 0.731. The molecular weight excluding hydrogens is 307 g/mol. The molecule has 0 spiro atoms. The van der Waals surface area contributed by atoms with Gasteiger partial charge in [0.15, 0.2) is 5.65 Å². The van der Waals surface area contributed by atoms with Gasteiger partial charge in [-0.3, -0.25) is 9.48 Å². The van der Waals surface area contributed by atoms with Crippen LogP contribution in [0.4, 0.5) is 13.2 Å². The van der Waals surface area contributed by atoms with Gasteiger partial charge < -0.3 is 5.11 Å². The molecule has 0 aliphatic rings. The zero-order valence-corrected chi connectivity index (χ0v) is 12.0. The lowest BCUT2D eigenvalue weighted by atomic mass is 10.2. The number of pyridine rings is 1. The molecule has 0 amide bonds. The van der Waals surface area contributed by atoms with Gasteiger partial charge >= 0.3 is 12.1 Å². The summed E-state index contributed by atoms with van der Waals surface area (Å²) in [5.41, 5.74) is -0.890. The van der Waals surface area contributed by atoms with Gasteiger partial charge in [0, 0.05) is 12.2 Å². The molecule has 0 bridgehead atoms. The molecule has 0 aliphatic heterocycles. The number of rotatable bonds is 4. The Morgan fingerprint density at radius 2 is 2.14 bits per heavy atom. The van der Waals surface area contributed by atoms with Crippen molar-refractivity contribution in [3.63, 3.8) is 0 Å². The van der Waals surface area contributed by atoms with Gasteiger partial charge in [0.05, 0.1) is 21.7 Å². The highest BCUT2D eigenvalue weighted by Gasteiger charge is 2.34. The minimum atomic E-state index is -4.55. The van der Waals surface area contributed by atoms with E-state index >= 15 is 0 Å². The number of fused-ring (bicyclic) bond motifs is 1. The second kappa shape index (κ2) is 5.55. The van der Waals surface area contributed by atoms with Gasteiger partial charge in [-0.1, -0.05) is 11.8 Å². The fourth-order valence-corrected chi connectivity index (χ4v) is 2.32. The quantitative estimate of drug-likeness (QED) is 0.877. The van der Waals surface area contributed by atoms with Crippen LogP contribution in [0.2, 0.25) is 0 Å². The highest BCUT2D eigenvalue weighted by atomic mass is 32.2. The molecule has 9 heteroatoms. The summed E-state index contributed by atoms with van der Waals surface area (Å²) in [6.07, 6.45) is -3.24. The van der Waals surface area contributed by atoms with Crippen molar-refractivity contribution in [2.75, 3.05) is 5.75 Å². The summed E-state index contributed by atoms with van der Waals surface area (Å²) in [5.74, 6) is -1.48. The number of aromatic nitrogens is 3. The van der Waals surface area contributed by atoms with Gasteiger partial charge in [-0.05, 0) is 19.9 Å². The SMILES string of the molecule is CC(C)n1cc2c(C(F)(F)F)cc(SCC(=O)O)nc2n1. The molecule has 0 saturated carbocycles. The number of halogens is 3. The van der Waals surface area contributed by atoms with E-state index in [9.17, 15) is 18.0 Å². The van der Waals surface area contributed by atoms with Gasteiger partial charge in [-0.2, -0.15) is 18.3 Å². The Balaban J connectivity index is 2.56. The summed E-state index contributed by atoms with van der Waals surface area (Å²) in [7, 11) is 0. The molecule has 0 unspecified atom stereocenters. The predicted molar refractivity (Wildman–Crippen MR) is 71.3 cm³/mol. The van der Waals surface area contributed by atoms with Crippen LogP contribution in [0.5, 0.6) is 0 Å². The van der Waals surface area contributed by atoms with E-state index in [0.717, 1.165) is 17.8 Å². The zero-order chi connectivity index (χ0) is 15.8. The third-order valence-corrected chi connectivity index (χ3v) is 3.56. The summed E-state index contributed by atoms with van der Waals surface area (Å²) in [5, 5.41) is 12.5. The third kappa shape index (κ3) is 3.46. The summed E-state index contributed by atoms with van der Waals surface area (Å²) in [4.78, 5) is 14.5. The normalized spacial score (nSPS) is 12.3. The van der Waals surface area contributed by atoms with Crippen LogP contribution < -0.4 is 0 Å². The molecule has 5 nitrogen and oxygen atoms in total. The number of carboxylic acids is 1. The lowest BCUT2D eigenvalue weighted by Crippen LogP contribution is -2.07. The van der Waals surface area contributed by atoms with Crippen molar-refractivity contribution in [2.45, 2.75) is 31.1 Å². The van der Waals surface area contributed by atoms with Gasteiger partial charge in [0.2, 0.25) is 0 Å². The Morgan fingerprint density at radius 3 is 2.67 bits per heavy atom. The summed E-state index contributed by atoms with van der Waals surface area (Å²) < 4.78 is 40.8. The first-order chi connectivity index (χ1) is 9.68. The lowest BCUT2D eigenvalue weighted by Gasteiger charge is -2.08. The fourth-order valence-electron chi connectivity index (χ4n) is 1.70. The largest absolute Gasteiger partial charge is 0.481 e. The first-order valence-electron chi connectivity index (χ1n) is 6.00. The van der Waals surface area contributed by atoms with E-state index in [1.54, 1.807) is 13.8 Å². The highest BCUT2D eigenvalue weighted by molar-refractivity contribution is 7.99. The first kappa shape index (κ1) is 15.6. The van der Waals surface area contributed by atoms with Gasteiger partial charge in [0.1, 0.15) is 0 Å². The number of hydrogen-bond acceptors (Lipinski definition) is 4. The van der Waals surface area contributed by atoms with Crippen LogP contribution >= 0.6 is 11.8 Å². The van der Waals surface area contributed by atoms with E-state index in [0.29, 0.717) is 0 Å². The molecular formula is C12H12F3N3O2S. The van der Waals surface area contributed by atoms with Crippen LogP contribution in [0.25, 0.3) is 11.0 Å². The van der Waals surface area contributed by atoms with Crippen LogP contribution in [0.3, 0.4) is 0 Å². The molecule has 0 atom stereocenters. The van der Waals surface area contributed by atoms with Crippen LogP contribution in [0, 0.1) is 0 Å². The van der Waals surface area contributed by atoms with Crippen LogP contribution in [-0.4, -0.2) is 31.6 Å². The second-order valence-electron chi connectivity index (χ2n) is 4.63. The van der Waals surface area contributed by atoms with Crippen LogP contribution in [-0.2, 0) is 11.0 Å². The Labute approximate surface area is 122 Å².